The fourth-order valence-electron chi connectivity index (χ4n) is 3.28. The van der Waals surface area contributed by atoms with Crippen LogP contribution in [0, 0.1) is 5.82 Å². The summed E-state index contributed by atoms with van der Waals surface area (Å²) in [5.74, 6) is -0.768. The highest BCUT2D eigenvalue weighted by Crippen LogP contribution is 2.21. The number of urea groups is 1. The lowest BCUT2D eigenvalue weighted by molar-refractivity contribution is 0.168. The molecule has 0 spiro atoms. The number of likely N-dealkylation sites (N-methyl/N-ethyl adjacent to an activating group) is 1. The molecular weight excluding hydrogens is 415 g/mol. The molecule has 7 nitrogen and oxygen atoms in total. The van der Waals surface area contributed by atoms with Crippen molar-refractivity contribution in [2.45, 2.75) is 10.9 Å². The molecule has 0 saturated carbocycles. The van der Waals surface area contributed by atoms with E-state index in [0.717, 1.165) is 11.6 Å². The molecule has 0 unspecified atom stereocenters. The highest BCUT2D eigenvalue weighted by atomic mass is 32.2. The summed E-state index contributed by atoms with van der Waals surface area (Å²) in [6, 6.07) is 7.21. The Hall–Kier alpha value is -2.01. The second kappa shape index (κ2) is 9.21. The van der Waals surface area contributed by atoms with Gasteiger partial charge in [-0.3, -0.25) is 0 Å². The molecule has 2 amide bonds. The maximum absolute atomic E-state index is 13.9. The van der Waals surface area contributed by atoms with Crippen LogP contribution in [0.15, 0.2) is 46.0 Å². The van der Waals surface area contributed by atoms with Crippen molar-refractivity contribution in [3.8, 4) is 0 Å². The zero-order valence-corrected chi connectivity index (χ0v) is 18.0. The lowest BCUT2D eigenvalue weighted by Gasteiger charge is -2.34. The Morgan fingerprint density at radius 2 is 1.90 bits per heavy atom. The number of carbonyl (C=O) groups is 1. The van der Waals surface area contributed by atoms with Gasteiger partial charge in [0.25, 0.3) is 0 Å². The first-order valence-electron chi connectivity index (χ1n) is 9.26. The van der Waals surface area contributed by atoms with Crippen LogP contribution in [0.5, 0.6) is 0 Å². The maximum Gasteiger partial charge on any atom is 0.317 e. The van der Waals surface area contributed by atoms with Gasteiger partial charge in [-0.2, -0.15) is 15.6 Å². The summed E-state index contributed by atoms with van der Waals surface area (Å²) in [6.45, 7) is 1.23. The van der Waals surface area contributed by atoms with Gasteiger partial charge < -0.3 is 15.1 Å². The molecule has 0 bridgehead atoms. The number of nitrogens with one attached hydrogen (secondary N) is 1. The van der Waals surface area contributed by atoms with E-state index in [1.54, 1.807) is 16.2 Å². The number of piperazine rings is 1. The van der Waals surface area contributed by atoms with E-state index in [4.69, 9.17) is 0 Å². The smallest absolute Gasteiger partial charge is 0.317 e. The van der Waals surface area contributed by atoms with Crippen LogP contribution in [-0.4, -0.2) is 75.4 Å². The van der Waals surface area contributed by atoms with Crippen LogP contribution in [0.2, 0.25) is 0 Å². The molecule has 2 aromatic rings. The van der Waals surface area contributed by atoms with Crippen molar-refractivity contribution < 1.29 is 17.6 Å². The zero-order chi connectivity index (χ0) is 21.0. The predicted molar refractivity (Wildman–Crippen MR) is 111 cm³/mol. The van der Waals surface area contributed by atoms with Crippen molar-refractivity contribution in [1.82, 2.24) is 19.4 Å². The van der Waals surface area contributed by atoms with Crippen molar-refractivity contribution in [1.29, 1.82) is 0 Å². The SMILES string of the molecule is CN(C)[C@@H](CNC(=O)N1CCN(S(=O)(=O)c2ccccc2F)CC1)c1ccsc1. The second-order valence-corrected chi connectivity index (χ2v) is 9.73. The van der Waals surface area contributed by atoms with Gasteiger partial charge in [0.05, 0.1) is 6.04 Å². The Balaban J connectivity index is 1.56. The number of thiophene rings is 1. The van der Waals surface area contributed by atoms with Gasteiger partial charge in [0.2, 0.25) is 10.0 Å². The molecular formula is C19H25FN4O3S2. The van der Waals surface area contributed by atoms with Gasteiger partial charge in [0.1, 0.15) is 10.7 Å². The van der Waals surface area contributed by atoms with Crippen molar-refractivity contribution in [2.75, 3.05) is 46.8 Å². The molecule has 1 saturated heterocycles. The first-order chi connectivity index (χ1) is 13.8. The molecule has 1 aliphatic heterocycles. The van der Waals surface area contributed by atoms with Gasteiger partial charge in [-0.15, -0.1) is 0 Å². The number of carbonyl (C=O) groups excluding carboxylic acids is 1. The third-order valence-corrected chi connectivity index (χ3v) is 7.61. The average Bonchev–Trinajstić information content (AvgIpc) is 3.22. The summed E-state index contributed by atoms with van der Waals surface area (Å²) in [6.07, 6.45) is 0. The summed E-state index contributed by atoms with van der Waals surface area (Å²) >= 11 is 1.61. The minimum absolute atomic E-state index is 0.0629. The fraction of sp³-hybridized carbons (Fsp3) is 0.421. The van der Waals surface area contributed by atoms with Crippen molar-refractivity contribution in [2.24, 2.45) is 0 Å². The van der Waals surface area contributed by atoms with Gasteiger partial charge in [0, 0.05) is 32.7 Å². The summed E-state index contributed by atoms with van der Waals surface area (Å²) in [5, 5.41) is 7.00. The Morgan fingerprint density at radius 1 is 1.21 bits per heavy atom. The minimum Gasteiger partial charge on any atom is -0.336 e. The van der Waals surface area contributed by atoms with Gasteiger partial charge in [0.15, 0.2) is 0 Å². The molecule has 1 atom stereocenters. The van der Waals surface area contributed by atoms with E-state index in [1.165, 1.54) is 22.5 Å². The summed E-state index contributed by atoms with van der Waals surface area (Å²) < 4.78 is 40.5. The van der Waals surface area contributed by atoms with Gasteiger partial charge >= 0.3 is 6.03 Å². The summed E-state index contributed by atoms with van der Waals surface area (Å²) in [7, 11) is 0.00436. The number of halogens is 1. The van der Waals surface area contributed by atoms with E-state index in [-0.39, 0.29) is 43.1 Å². The fourth-order valence-corrected chi connectivity index (χ4v) is 5.48. The molecule has 158 valence electrons. The van der Waals surface area contributed by atoms with Crippen LogP contribution >= 0.6 is 11.3 Å². The molecule has 10 heteroatoms. The molecule has 0 radical (unpaired) electrons. The Bertz CT molecular complexity index is 927. The lowest BCUT2D eigenvalue weighted by atomic mass is 10.1. The predicted octanol–water partition coefficient (Wildman–Crippen LogP) is 2.21. The van der Waals surface area contributed by atoms with E-state index in [1.807, 2.05) is 30.4 Å². The van der Waals surface area contributed by atoms with E-state index in [2.05, 4.69) is 10.7 Å². The van der Waals surface area contributed by atoms with Gasteiger partial charge in [-0.1, -0.05) is 12.1 Å². The van der Waals surface area contributed by atoms with Crippen LogP contribution < -0.4 is 5.32 Å². The number of benzene rings is 1. The number of sulfonamides is 1. The first kappa shape index (κ1) is 21.7. The molecule has 1 N–H and O–H groups in total. The third kappa shape index (κ3) is 4.95. The number of rotatable bonds is 6. The third-order valence-electron chi connectivity index (χ3n) is 4.98. The standard InChI is InChI=1S/C19H25FN4O3S2/c1-22(2)17(15-7-12-28-14-15)13-21-19(25)23-8-10-24(11-9-23)29(26,27)18-6-4-3-5-16(18)20/h3-7,12,14,17H,8-11,13H2,1-2H3,(H,21,25)/t17-/m0/s1. The normalized spacial score (nSPS) is 16.8. The monoisotopic (exact) mass is 440 g/mol. The van der Waals surface area contributed by atoms with E-state index in [9.17, 15) is 17.6 Å². The molecule has 2 heterocycles. The molecule has 1 aliphatic rings. The van der Waals surface area contributed by atoms with Crippen LogP contribution in [0.4, 0.5) is 9.18 Å². The van der Waals surface area contributed by atoms with Gasteiger partial charge in [-0.05, 0) is 48.6 Å². The molecule has 1 aromatic carbocycles. The number of hydrogen-bond acceptors (Lipinski definition) is 5. The lowest BCUT2D eigenvalue weighted by Crippen LogP contribution is -2.53. The minimum atomic E-state index is -3.91. The van der Waals surface area contributed by atoms with Crippen molar-refractivity contribution in [3.63, 3.8) is 0 Å². The van der Waals surface area contributed by atoms with Crippen LogP contribution in [0.1, 0.15) is 11.6 Å². The highest BCUT2D eigenvalue weighted by Gasteiger charge is 2.32. The molecule has 29 heavy (non-hydrogen) atoms. The van der Waals surface area contributed by atoms with Crippen molar-refractivity contribution in [3.05, 3.63) is 52.5 Å². The Morgan fingerprint density at radius 3 is 2.48 bits per heavy atom. The number of hydrogen-bond donors (Lipinski definition) is 1. The molecule has 3 rings (SSSR count). The van der Waals surface area contributed by atoms with E-state index < -0.39 is 15.8 Å². The van der Waals surface area contributed by atoms with Gasteiger partial charge in [-0.25, -0.2) is 17.6 Å². The Kier molecular flexibility index (Phi) is 6.89. The van der Waals surface area contributed by atoms with Crippen LogP contribution in [0.25, 0.3) is 0 Å². The van der Waals surface area contributed by atoms with E-state index in [0.29, 0.717) is 6.54 Å². The Labute approximate surface area is 174 Å². The topological polar surface area (TPSA) is 73.0 Å². The van der Waals surface area contributed by atoms with Crippen LogP contribution in [-0.2, 0) is 10.0 Å². The van der Waals surface area contributed by atoms with Crippen LogP contribution in [0.3, 0.4) is 0 Å². The van der Waals surface area contributed by atoms with E-state index >= 15 is 0 Å². The molecule has 1 fully saturated rings. The zero-order valence-electron chi connectivity index (χ0n) is 16.4. The quantitative estimate of drug-likeness (QED) is 0.748. The first-order valence-corrected chi connectivity index (χ1v) is 11.6. The second-order valence-electron chi connectivity index (χ2n) is 7.04. The van der Waals surface area contributed by atoms with Crippen molar-refractivity contribution >= 4 is 27.4 Å². The number of nitrogens with zero attached hydrogens (tertiary/aromatic N) is 3. The maximum atomic E-state index is 13.9. The molecule has 1 aromatic heterocycles. The largest absolute Gasteiger partial charge is 0.336 e. The summed E-state index contributed by atoms with van der Waals surface area (Å²) in [5.41, 5.74) is 1.14. The average molecular weight is 441 g/mol. The molecule has 0 aliphatic carbocycles. The highest BCUT2D eigenvalue weighted by molar-refractivity contribution is 7.89. The summed E-state index contributed by atoms with van der Waals surface area (Å²) in [4.78, 5) is 15.8. The number of amides is 2.